The molecule has 0 spiro atoms. The van der Waals surface area contributed by atoms with E-state index in [9.17, 15) is 9.59 Å². The van der Waals surface area contributed by atoms with Gasteiger partial charge in [0.1, 0.15) is 5.69 Å². The van der Waals surface area contributed by atoms with E-state index in [1.54, 1.807) is 11.9 Å². The molecule has 0 radical (unpaired) electrons. The number of carbonyl (C=O) groups is 2. The second-order valence-corrected chi connectivity index (χ2v) is 9.65. The zero-order valence-corrected chi connectivity index (χ0v) is 23.5. The Hall–Kier alpha value is -3.60. The Balaban J connectivity index is 1.43. The summed E-state index contributed by atoms with van der Waals surface area (Å²) in [5.74, 6) is 0.478. The van der Waals surface area contributed by atoms with Crippen LogP contribution >= 0.6 is 0 Å². The van der Waals surface area contributed by atoms with E-state index >= 15 is 0 Å². The maximum absolute atomic E-state index is 11.9. The predicted molar refractivity (Wildman–Crippen MR) is 154 cm³/mol. The number of nitrogen functional groups attached to an aromatic ring is 1. The molecule has 0 atom stereocenters. The van der Waals surface area contributed by atoms with E-state index in [4.69, 9.17) is 15.2 Å². The van der Waals surface area contributed by atoms with Crippen molar-refractivity contribution in [1.82, 2.24) is 14.9 Å². The second kappa shape index (κ2) is 15.7. The molecule has 1 amide bonds. The number of hydrogen-bond donors (Lipinski definition) is 2. The standard InChI is InChI=1S/C28H43N7O4/c1-4-5-18-39-28-31-26(29)25(30-2)27(32-28)35(21-36)13-8-6-7-12-33-14-16-34(17-15-33)23-11-9-10-22(19-23)20-24(37)38-3/h9-11,19,21,30H,4-8,12-18,20H2,1-3H3,(H2,29,31,32). The van der Waals surface area contributed by atoms with Crippen molar-refractivity contribution in [3.63, 3.8) is 0 Å². The third-order valence-electron chi connectivity index (χ3n) is 6.87. The van der Waals surface area contributed by atoms with Gasteiger partial charge in [-0.1, -0.05) is 31.9 Å². The lowest BCUT2D eigenvalue weighted by Gasteiger charge is -2.36. The van der Waals surface area contributed by atoms with Crippen LogP contribution in [-0.4, -0.2) is 87.3 Å². The van der Waals surface area contributed by atoms with E-state index in [2.05, 4.69) is 44.1 Å². The van der Waals surface area contributed by atoms with Crippen LogP contribution in [0.25, 0.3) is 0 Å². The lowest BCUT2D eigenvalue weighted by molar-refractivity contribution is -0.139. The number of esters is 1. The molecule has 1 fully saturated rings. The molecule has 39 heavy (non-hydrogen) atoms. The maximum atomic E-state index is 11.9. The fraction of sp³-hybridized carbons (Fsp3) is 0.571. The SMILES string of the molecule is CCCCOc1nc(N)c(NC)c(N(C=O)CCCCCN2CCN(c3cccc(CC(=O)OC)c3)CC2)n1. The topological polar surface area (TPSA) is 126 Å². The van der Waals surface area contributed by atoms with Crippen molar-refractivity contribution in [1.29, 1.82) is 0 Å². The molecular weight excluding hydrogens is 498 g/mol. The van der Waals surface area contributed by atoms with Gasteiger partial charge in [0.15, 0.2) is 11.6 Å². The smallest absolute Gasteiger partial charge is 0.320 e. The number of piperazine rings is 1. The summed E-state index contributed by atoms with van der Waals surface area (Å²) in [7, 11) is 3.15. The summed E-state index contributed by atoms with van der Waals surface area (Å²) in [5.41, 5.74) is 8.75. The van der Waals surface area contributed by atoms with Crippen molar-refractivity contribution in [2.75, 3.05) is 80.9 Å². The number of carbonyl (C=O) groups excluding carboxylic acids is 2. The van der Waals surface area contributed by atoms with Crippen molar-refractivity contribution in [3.8, 4) is 6.01 Å². The minimum atomic E-state index is -0.224. The van der Waals surface area contributed by atoms with Crippen LogP contribution in [0.3, 0.4) is 0 Å². The Labute approximate surface area is 231 Å². The van der Waals surface area contributed by atoms with Crippen LogP contribution in [0.15, 0.2) is 24.3 Å². The first-order chi connectivity index (χ1) is 19.0. The Bertz CT molecular complexity index is 1060. The van der Waals surface area contributed by atoms with Crippen molar-refractivity contribution in [2.45, 2.75) is 45.4 Å². The Kier molecular flexibility index (Phi) is 12.1. The number of benzene rings is 1. The summed E-state index contributed by atoms with van der Waals surface area (Å²) in [5, 5.41) is 3.01. The zero-order valence-electron chi connectivity index (χ0n) is 23.5. The van der Waals surface area contributed by atoms with E-state index in [-0.39, 0.29) is 17.8 Å². The van der Waals surface area contributed by atoms with E-state index < -0.39 is 0 Å². The third-order valence-corrected chi connectivity index (χ3v) is 6.87. The largest absolute Gasteiger partial charge is 0.469 e. The number of nitrogens with zero attached hydrogens (tertiary/aromatic N) is 5. The minimum absolute atomic E-state index is 0.191. The monoisotopic (exact) mass is 541 g/mol. The van der Waals surface area contributed by atoms with Gasteiger partial charge in [-0.05, 0) is 43.5 Å². The number of rotatable bonds is 16. The lowest BCUT2D eigenvalue weighted by atomic mass is 10.1. The molecule has 11 heteroatoms. The van der Waals surface area contributed by atoms with Crippen molar-refractivity contribution in [3.05, 3.63) is 29.8 Å². The van der Waals surface area contributed by atoms with Gasteiger partial charge >= 0.3 is 12.0 Å². The van der Waals surface area contributed by atoms with Gasteiger partial charge in [0, 0.05) is 45.5 Å². The number of anilines is 4. The number of amides is 1. The molecule has 0 bridgehead atoms. The van der Waals surface area contributed by atoms with Crippen LogP contribution in [-0.2, 0) is 20.7 Å². The van der Waals surface area contributed by atoms with Gasteiger partial charge in [-0.25, -0.2) is 0 Å². The van der Waals surface area contributed by atoms with Crippen LogP contribution in [0.5, 0.6) is 6.01 Å². The van der Waals surface area contributed by atoms with E-state index in [1.807, 2.05) is 12.1 Å². The van der Waals surface area contributed by atoms with Crippen LogP contribution in [0.2, 0.25) is 0 Å². The summed E-state index contributed by atoms with van der Waals surface area (Å²) in [6.45, 7) is 8.04. The van der Waals surface area contributed by atoms with Gasteiger partial charge in [0.05, 0.1) is 20.1 Å². The number of methoxy groups -OCH3 is 1. The van der Waals surface area contributed by atoms with Crippen molar-refractivity contribution >= 4 is 35.4 Å². The first-order valence-corrected chi connectivity index (χ1v) is 13.8. The summed E-state index contributed by atoms with van der Waals surface area (Å²) in [4.78, 5) is 38.6. The highest BCUT2D eigenvalue weighted by atomic mass is 16.5. The van der Waals surface area contributed by atoms with E-state index in [0.717, 1.165) is 82.5 Å². The molecule has 0 saturated carbocycles. The number of aromatic nitrogens is 2. The Morgan fingerprint density at radius 1 is 1.15 bits per heavy atom. The number of nitrogens with two attached hydrogens (primary N) is 1. The summed E-state index contributed by atoms with van der Waals surface area (Å²) in [6.07, 6.45) is 5.87. The van der Waals surface area contributed by atoms with Gasteiger partial charge in [0.25, 0.3) is 0 Å². The van der Waals surface area contributed by atoms with Gasteiger partial charge in [0.2, 0.25) is 6.41 Å². The summed E-state index contributed by atoms with van der Waals surface area (Å²) < 4.78 is 10.4. The molecule has 214 valence electrons. The van der Waals surface area contributed by atoms with Gasteiger partial charge < -0.3 is 25.4 Å². The number of nitrogens with one attached hydrogen (secondary N) is 1. The average molecular weight is 542 g/mol. The van der Waals surface area contributed by atoms with Crippen LogP contribution < -0.4 is 25.6 Å². The highest BCUT2D eigenvalue weighted by molar-refractivity contribution is 5.85. The molecule has 1 aliphatic rings. The summed E-state index contributed by atoms with van der Waals surface area (Å²) in [6, 6.07) is 8.33. The predicted octanol–water partition coefficient (Wildman–Crippen LogP) is 2.95. The molecule has 1 aliphatic heterocycles. The Morgan fingerprint density at radius 2 is 1.95 bits per heavy atom. The highest BCUT2D eigenvalue weighted by Gasteiger charge is 2.19. The second-order valence-electron chi connectivity index (χ2n) is 9.65. The zero-order chi connectivity index (χ0) is 28.0. The quantitative estimate of drug-likeness (QED) is 0.186. The maximum Gasteiger partial charge on any atom is 0.320 e. The summed E-state index contributed by atoms with van der Waals surface area (Å²) >= 11 is 0. The van der Waals surface area contributed by atoms with E-state index in [1.165, 1.54) is 7.11 Å². The fourth-order valence-corrected chi connectivity index (χ4v) is 4.60. The molecule has 0 aliphatic carbocycles. The highest BCUT2D eigenvalue weighted by Crippen LogP contribution is 2.30. The molecule has 3 N–H and O–H groups in total. The van der Waals surface area contributed by atoms with Gasteiger partial charge in [-0.3, -0.25) is 19.4 Å². The average Bonchev–Trinajstić information content (AvgIpc) is 2.95. The normalized spacial score (nSPS) is 13.7. The van der Waals surface area contributed by atoms with Gasteiger partial charge in [-0.15, -0.1) is 0 Å². The fourth-order valence-electron chi connectivity index (χ4n) is 4.60. The third kappa shape index (κ3) is 8.98. The first kappa shape index (κ1) is 29.9. The minimum Gasteiger partial charge on any atom is -0.469 e. The van der Waals surface area contributed by atoms with Crippen LogP contribution in [0.4, 0.5) is 23.0 Å². The molecule has 1 saturated heterocycles. The van der Waals surface area contributed by atoms with Gasteiger partial charge in [-0.2, -0.15) is 9.97 Å². The molecular formula is C28H43N7O4. The van der Waals surface area contributed by atoms with Crippen molar-refractivity contribution in [2.24, 2.45) is 0 Å². The number of hydrogen-bond acceptors (Lipinski definition) is 10. The van der Waals surface area contributed by atoms with Crippen molar-refractivity contribution < 1.29 is 19.1 Å². The van der Waals surface area contributed by atoms with E-state index in [0.29, 0.717) is 31.1 Å². The number of ether oxygens (including phenoxy) is 2. The van der Waals surface area contributed by atoms with Crippen LogP contribution in [0, 0.1) is 0 Å². The first-order valence-electron chi connectivity index (χ1n) is 13.8. The molecule has 3 rings (SSSR count). The lowest BCUT2D eigenvalue weighted by Crippen LogP contribution is -2.46. The molecule has 2 aromatic rings. The molecule has 2 heterocycles. The molecule has 11 nitrogen and oxygen atoms in total. The molecule has 0 unspecified atom stereocenters. The Morgan fingerprint density at radius 3 is 2.64 bits per heavy atom. The van der Waals surface area contributed by atoms with Crippen LogP contribution in [0.1, 0.15) is 44.6 Å². The number of unbranched alkanes of at least 4 members (excludes halogenated alkanes) is 3. The molecule has 1 aromatic heterocycles. The molecule has 1 aromatic carbocycles.